The van der Waals surface area contributed by atoms with Gasteiger partial charge in [0.2, 0.25) is 5.95 Å². The first-order valence-electron chi connectivity index (χ1n) is 7.64. The third-order valence-corrected chi connectivity index (χ3v) is 4.72. The normalized spacial score (nSPS) is 12.6. The van der Waals surface area contributed by atoms with E-state index in [4.69, 9.17) is 10.5 Å². The van der Waals surface area contributed by atoms with Gasteiger partial charge in [-0.15, -0.1) is 11.8 Å². The third-order valence-electron chi connectivity index (χ3n) is 3.57. The van der Waals surface area contributed by atoms with Crippen LogP contribution < -0.4 is 11.3 Å². The molecule has 0 aliphatic rings. The molecule has 0 amide bonds. The molecule has 2 aromatic heterocycles. The summed E-state index contributed by atoms with van der Waals surface area (Å²) in [6.07, 6.45) is 0.845. The van der Waals surface area contributed by atoms with Crippen molar-refractivity contribution < 1.29 is 9.13 Å². The Morgan fingerprint density at radius 2 is 2.16 bits per heavy atom. The molecule has 0 spiro atoms. The number of alkyl halides is 1. The van der Waals surface area contributed by atoms with E-state index in [0.29, 0.717) is 11.4 Å². The Labute approximate surface area is 147 Å². The summed E-state index contributed by atoms with van der Waals surface area (Å²) in [5, 5.41) is 0. The fourth-order valence-corrected chi connectivity index (χ4v) is 3.10. The topological polar surface area (TPSA) is 98.8 Å². The van der Waals surface area contributed by atoms with Crippen LogP contribution >= 0.6 is 11.8 Å². The van der Waals surface area contributed by atoms with Crippen molar-refractivity contribution >= 4 is 28.9 Å². The second-order valence-corrected chi connectivity index (χ2v) is 6.63. The standard InChI is InChI=1S/C16H18FN5O2S/c1-10-2-4-12(5-3-10)25-7-11(6-17)24-9-22-8-19-13-14(22)20-16(18)21-15(13)23/h2-5,8,11H,6-7,9H2,1H3,(H3,18,20,21,23). The summed E-state index contributed by atoms with van der Waals surface area (Å²) < 4.78 is 20.4. The monoisotopic (exact) mass is 363 g/mol. The summed E-state index contributed by atoms with van der Waals surface area (Å²) in [5.41, 5.74) is 6.78. The average molecular weight is 363 g/mol. The van der Waals surface area contributed by atoms with Crippen molar-refractivity contribution in [2.24, 2.45) is 0 Å². The quantitative estimate of drug-likeness (QED) is 0.624. The molecule has 9 heteroatoms. The summed E-state index contributed by atoms with van der Waals surface area (Å²) in [7, 11) is 0. The molecule has 1 unspecified atom stereocenters. The number of nitrogens with zero attached hydrogens (tertiary/aromatic N) is 3. The Balaban J connectivity index is 1.63. The maximum atomic E-state index is 13.2. The van der Waals surface area contributed by atoms with Gasteiger partial charge < -0.3 is 10.5 Å². The van der Waals surface area contributed by atoms with Gasteiger partial charge in [-0.2, -0.15) is 4.98 Å². The van der Waals surface area contributed by atoms with E-state index in [2.05, 4.69) is 15.0 Å². The van der Waals surface area contributed by atoms with E-state index >= 15 is 0 Å². The van der Waals surface area contributed by atoms with E-state index in [1.807, 2.05) is 31.2 Å². The number of fused-ring (bicyclic) bond motifs is 1. The largest absolute Gasteiger partial charge is 0.369 e. The van der Waals surface area contributed by atoms with Gasteiger partial charge in [-0.25, -0.2) is 9.37 Å². The Morgan fingerprint density at radius 3 is 2.88 bits per heavy atom. The molecule has 132 valence electrons. The van der Waals surface area contributed by atoms with Crippen LogP contribution in [-0.4, -0.2) is 38.1 Å². The number of aromatic nitrogens is 4. The van der Waals surface area contributed by atoms with Gasteiger partial charge in [-0.3, -0.25) is 14.3 Å². The maximum absolute atomic E-state index is 13.2. The number of aryl methyl sites for hydroxylation is 1. The van der Waals surface area contributed by atoms with E-state index in [-0.39, 0.29) is 18.2 Å². The molecular weight excluding hydrogens is 345 g/mol. The number of imidazole rings is 1. The minimum Gasteiger partial charge on any atom is -0.369 e. The molecule has 1 aromatic carbocycles. The number of ether oxygens (including phenoxy) is 1. The van der Waals surface area contributed by atoms with Crippen molar-refractivity contribution in [3.8, 4) is 0 Å². The number of hydrogen-bond donors (Lipinski definition) is 2. The van der Waals surface area contributed by atoms with Gasteiger partial charge in [-0.05, 0) is 19.1 Å². The number of rotatable bonds is 7. The minimum absolute atomic E-state index is 0.00350. The van der Waals surface area contributed by atoms with Crippen LogP contribution in [-0.2, 0) is 11.5 Å². The van der Waals surface area contributed by atoms with Gasteiger partial charge in [0, 0.05) is 10.6 Å². The van der Waals surface area contributed by atoms with Crippen LogP contribution in [0.5, 0.6) is 0 Å². The fraction of sp³-hybridized carbons (Fsp3) is 0.312. The molecule has 3 N–H and O–H groups in total. The first-order valence-corrected chi connectivity index (χ1v) is 8.63. The van der Waals surface area contributed by atoms with E-state index < -0.39 is 18.3 Å². The highest BCUT2D eigenvalue weighted by atomic mass is 32.2. The Morgan fingerprint density at radius 1 is 1.40 bits per heavy atom. The lowest BCUT2D eigenvalue weighted by atomic mass is 10.2. The summed E-state index contributed by atoms with van der Waals surface area (Å²) in [6.45, 7) is 1.44. The molecule has 0 fully saturated rings. The number of nitrogen functional groups attached to an aromatic ring is 1. The zero-order valence-electron chi connectivity index (χ0n) is 13.6. The van der Waals surface area contributed by atoms with Crippen LogP contribution in [0.4, 0.5) is 10.3 Å². The van der Waals surface area contributed by atoms with Crippen LogP contribution in [0.15, 0.2) is 40.3 Å². The van der Waals surface area contributed by atoms with Gasteiger partial charge in [0.15, 0.2) is 11.2 Å². The number of hydrogen-bond acceptors (Lipinski definition) is 6. The van der Waals surface area contributed by atoms with Crippen molar-refractivity contribution in [3.05, 3.63) is 46.5 Å². The molecule has 3 rings (SSSR count). The fourth-order valence-electron chi connectivity index (χ4n) is 2.21. The van der Waals surface area contributed by atoms with Crippen LogP contribution in [0.25, 0.3) is 11.2 Å². The lowest BCUT2D eigenvalue weighted by Crippen LogP contribution is -2.20. The number of nitrogens with one attached hydrogen (secondary N) is 1. The number of benzene rings is 1. The van der Waals surface area contributed by atoms with Crippen molar-refractivity contribution in [1.29, 1.82) is 0 Å². The first-order chi connectivity index (χ1) is 12.1. The van der Waals surface area contributed by atoms with Crippen molar-refractivity contribution in [3.63, 3.8) is 0 Å². The summed E-state index contributed by atoms with van der Waals surface area (Å²) in [6, 6.07) is 8.02. The molecule has 0 saturated carbocycles. The van der Waals surface area contributed by atoms with Crippen LogP contribution in [0, 0.1) is 6.92 Å². The molecule has 0 saturated heterocycles. The second-order valence-electron chi connectivity index (χ2n) is 5.53. The first kappa shape index (κ1) is 17.4. The smallest absolute Gasteiger partial charge is 0.280 e. The molecule has 2 heterocycles. The predicted octanol–water partition coefficient (Wildman–Crippen LogP) is 2.11. The molecule has 3 aromatic rings. The van der Waals surface area contributed by atoms with E-state index in [1.165, 1.54) is 28.2 Å². The Hall–Kier alpha value is -2.39. The zero-order chi connectivity index (χ0) is 17.8. The molecule has 0 bridgehead atoms. The zero-order valence-corrected chi connectivity index (χ0v) is 14.4. The molecule has 7 nitrogen and oxygen atoms in total. The molecule has 1 atom stereocenters. The Bertz CT molecular complexity index is 909. The maximum Gasteiger partial charge on any atom is 0.280 e. The van der Waals surface area contributed by atoms with Crippen LogP contribution in [0.1, 0.15) is 5.56 Å². The summed E-state index contributed by atoms with van der Waals surface area (Å²) in [5.74, 6) is 0.471. The van der Waals surface area contributed by atoms with Gasteiger partial charge in [0.1, 0.15) is 13.4 Å². The third kappa shape index (κ3) is 4.18. The van der Waals surface area contributed by atoms with Crippen molar-refractivity contribution in [2.45, 2.75) is 24.7 Å². The van der Waals surface area contributed by atoms with Crippen molar-refractivity contribution in [2.75, 3.05) is 18.2 Å². The molecule has 0 aliphatic heterocycles. The Kier molecular flexibility index (Phi) is 5.34. The number of anilines is 1. The summed E-state index contributed by atoms with van der Waals surface area (Å²) >= 11 is 1.53. The van der Waals surface area contributed by atoms with E-state index in [0.717, 1.165) is 4.90 Å². The summed E-state index contributed by atoms with van der Waals surface area (Å²) in [4.78, 5) is 23.2. The molecule has 25 heavy (non-hydrogen) atoms. The minimum atomic E-state index is -0.609. The van der Waals surface area contributed by atoms with Gasteiger partial charge in [-0.1, -0.05) is 17.7 Å². The number of aromatic amines is 1. The van der Waals surface area contributed by atoms with Gasteiger partial charge >= 0.3 is 0 Å². The van der Waals surface area contributed by atoms with Gasteiger partial charge in [0.05, 0.1) is 12.4 Å². The number of H-pyrrole nitrogens is 1. The second kappa shape index (κ2) is 7.66. The number of nitrogens with two attached hydrogens (primary N) is 1. The van der Waals surface area contributed by atoms with Crippen LogP contribution in [0.3, 0.4) is 0 Å². The highest BCUT2D eigenvalue weighted by Gasteiger charge is 2.13. The SMILES string of the molecule is Cc1ccc(SCC(CF)OCn2cnc3c(=O)[nH]c(N)nc32)cc1. The number of halogens is 1. The van der Waals surface area contributed by atoms with Crippen molar-refractivity contribution in [1.82, 2.24) is 19.5 Å². The van der Waals surface area contributed by atoms with Crippen LogP contribution in [0.2, 0.25) is 0 Å². The molecule has 0 aliphatic carbocycles. The predicted molar refractivity (Wildman–Crippen MR) is 95.3 cm³/mol. The average Bonchev–Trinajstić information content (AvgIpc) is 3.00. The molecular formula is C16H18FN5O2S. The number of thioether (sulfide) groups is 1. The van der Waals surface area contributed by atoms with E-state index in [1.54, 1.807) is 0 Å². The lowest BCUT2D eigenvalue weighted by molar-refractivity contribution is 0.00912. The van der Waals surface area contributed by atoms with E-state index in [9.17, 15) is 9.18 Å². The molecule has 0 radical (unpaired) electrons. The van der Waals surface area contributed by atoms with Gasteiger partial charge in [0.25, 0.3) is 5.56 Å². The lowest BCUT2D eigenvalue weighted by Gasteiger charge is -2.15. The highest BCUT2D eigenvalue weighted by molar-refractivity contribution is 7.99. The highest BCUT2D eigenvalue weighted by Crippen LogP contribution is 2.20.